The SMILES string of the molecule is CON=CC(C(C)=O)C(=O)Nc1ccc(Cl)cc1. The van der Waals surface area contributed by atoms with Crippen molar-refractivity contribution < 1.29 is 14.4 Å². The van der Waals surface area contributed by atoms with E-state index in [1.807, 2.05) is 0 Å². The van der Waals surface area contributed by atoms with Crippen LogP contribution in [0, 0.1) is 5.92 Å². The van der Waals surface area contributed by atoms with Gasteiger partial charge in [-0.3, -0.25) is 9.59 Å². The van der Waals surface area contributed by atoms with Crippen molar-refractivity contribution in [2.75, 3.05) is 12.4 Å². The maximum Gasteiger partial charge on any atom is 0.240 e. The summed E-state index contributed by atoms with van der Waals surface area (Å²) in [6, 6.07) is 6.57. The molecular weight excluding hydrogens is 256 g/mol. The molecule has 1 aromatic rings. The molecule has 1 rings (SSSR count). The van der Waals surface area contributed by atoms with Gasteiger partial charge in [-0.15, -0.1) is 0 Å². The molecule has 18 heavy (non-hydrogen) atoms. The van der Waals surface area contributed by atoms with Crippen molar-refractivity contribution in [2.24, 2.45) is 11.1 Å². The zero-order valence-electron chi connectivity index (χ0n) is 10.0. The predicted molar refractivity (Wildman–Crippen MR) is 69.8 cm³/mol. The molecule has 0 aromatic heterocycles. The standard InChI is InChI=1S/C12H13ClN2O3/c1-8(16)11(7-14-18-2)12(17)15-10-5-3-9(13)4-6-10/h3-7,11H,1-2H3,(H,15,17). The van der Waals surface area contributed by atoms with Crippen LogP contribution >= 0.6 is 11.6 Å². The van der Waals surface area contributed by atoms with Crippen molar-refractivity contribution in [2.45, 2.75) is 6.92 Å². The topological polar surface area (TPSA) is 67.8 Å². The summed E-state index contributed by atoms with van der Waals surface area (Å²) >= 11 is 5.73. The summed E-state index contributed by atoms with van der Waals surface area (Å²) in [5.74, 6) is -1.76. The molecule has 1 N–H and O–H groups in total. The van der Waals surface area contributed by atoms with Gasteiger partial charge in [-0.1, -0.05) is 16.8 Å². The van der Waals surface area contributed by atoms with Crippen LogP contribution in [0.3, 0.4) is 0 Å². The first-order chi connectivity index (χ1) is 8.54. The third kappa shape index (κ3) is 4.18. The van der Waals surface area contributed by atoms with Crippen LogP contribution in [0.1, 0.15) is 6.92 Å². The molecule has 1 atom stereocenters. The monoisotopic (exact) mass is 268 g/mol. The van der Waals surface area contributed by atoms with Gasteiger partial charge in [0.2, 0.25) is 5.91 Å². The van der Waals surface area contributed by atoms with Crippen LogP contribution < -0.4 is 5.32 Å². The molecule has 0 bridgehead atoms. The summed E-state index contributed by atoms with van der Waals surface area (Å²) in [6.45, 7) is 1.31. The number of nitrogens with zero attached hydrogens (tertiary/aromatic N) is 1. The summed E-state index contributed by atoms with van der Waals surface area (Å²) in [6.07, 6.45) is 1.16. The molecule has 0 heterocycles. The molecule has 96 valence electrons. The van der Waals surface area contributed by atoms with Crippen LogP contribution in [0.2, 0.25) is 5.02 Å². The van der Waals surface area contributed by atoms with Gasteiger partial charge in [0.25, 0.3) is 0 Å². The van der Waals surface area contributed by atoms with Gasteiger partial charge < -0.3 is 10.2 Å². The third-order valence-electron chi connectivity index (χ3n) is 2.15. The van der Waals surface area contributed by atoms with E-state index in [0.717, 1.165) is 6.21 Å². The lowest BCUT2D eigenvalue weighted by molar-refractivity contribution is -0.126. The lowest BCUT2D eigenvalue weighted by Gasteiger charge is -2.09. The van der Waals surface area contributed by atoms with Crippen LogP contribution in [-0.4, -0.2) is 25.0 Å². The van der Waals surface area contributed by atoms with Crippen LogP contribution in [0.15, 0.2) is 29.4 Å². The zero-order chi connectivity index (χ0) is 13.5. The lowest BCUT2D eigenvalue weighted by atomic mass is 10.1. The van der Waals surface area contributed by atoms with Crippen molar-refractivity contribution in [3.8, 4) is 0 Å². The molecule has 5 nitrogen and oxygen atoms in total. The average molecular weight is 269 g/mol. The van der Waals surface area contributed by atoms with E-state index in [0.29, 0.717) is 10.7 Å². The zero-order valence-corrected chi connectivity index (χ0v) is 10.8. The summed E-state index contributed by atoms with van der Waals surface area (Å²) < 4.78 is 0. The number of amides is 1. The molecule has 6 heteroatoms. The fourth-order valence-corrected chi connectivity index (χ4v) is 1.36. The van der Waals surface area contributed by atoms with Crippen molar-refractivity contribution >= 4 is 35.2 Å². The molecule has 0 radical (unpaired) electrons. The number of hydrogen-bond donors (Lipinski definition) is 1. The number of carbonyl (C=O) groups is 2. The second-order valence-electron chi connectivity index (χ2n) is 3.52. The number of halogens is 1. The first kappa shape index (κ1) is 14.2. The average Bonchev–Trinajstić information content (AvgIpc) is 2.32. The Kier molecular flexibility index (Phi) is 5.32. The molecule has 1 unspecified atom stereocenters. The van der Waals surface area contributed by atoms with Crippen molar-refractivity contribution in [1.82, 2.24) is 0 Å². The van der Waals surface area contributed by atoms with Crippen LogP contribution in [0.5, 0.6) is 0 Å². The number of oxime groups is 1. The fraction of sp³-hybridized carbons (Fsp3) is 0.250. The van der Waals surface area contributed by atoms with Gasteiger partial charge >= 0.3 is 0 Å². The van der Waals surface area contributed by atoms with E-state index in [1.54, 1.807) is 24.3 Å². The molecular formula is C12H13ClN2O3. The highest BCUT2D eigenvalue weighted by molar-refractivity contribution is 6.30. The van der Waals surface area contributed by atoms with Gasteiger partial charge in [0, 0.05) is 10.7 Å². The number of rotatable bonds is 5. The number of Topliss-reactive ketones (excluding diaryl/α,β-unsaturated/α-hetero) is 1. The van der Waals surface area contributed by atoms with Gasteiger partial charge in [-0.2, -0.15) is 0 Å². The molecule has 0 aliphatic rings. The highest BCUT2D eigenvalue weighted by Gasteiger charge is 2.21. The van der Waals surface area contributed by atoms with Crippen molar-refractivity contribution in [1.29, 1.82) is 0 Å². The Balaban J connectivity index is 2.75. The number of carbonyl (C=O) groups excluding carboxylic acids is 2. The van der Waals surface area contributed by atoms with Gasteiger partial charge in [-0.05, 0) is 31.2 Å². The Morgan fingerprint density at radius 2 is 2.00 bits per heavy atom. The number of ketones is 1. The Bertz CT molecular complexity index is 457. The Labute approximate surface area is 110 Å². The van der Waals surface area contributed by atoms with E-state index in [9.17, 15) is 9.59 Å². The molecule has 0 aliphatic carbocycles. The van der Waals surface area contributed by atoms with Crippen molar-refractivity contribution in [3.63, 3.8) is 0 Å². The first-order valence-corrected chi connectivity index (χ1v) is 5.56. The summed E-state index contributed by atoms with van der Waals surface area (Å²) in [5.41, 5.74) is 0.557. The fourth-order valence-electron chi connectivity index (χ4n) is 1.23. The lowest BCUT2D eigenvalue weighted by Crippen LogP contribution is -2.29. The highest BCUT2D eigenvalue weighted by atomic mass is 35.5. The molecule has 0 fully saturated rings. The van der Waals surface area contributed by atoms with E-state index in [1.165, 1.54) is 14.0 Å². The molecule has 0 aliphatic heterocycles. The summed E-state index contributed by atoms with van der Waals surface area (Å²) in [4.78, 5) is 27.6. The Hall–Kier alpha value is -1.88. The number of benzene rings is 1. The predicted octanol–water partition coefficient (Wildman–Crippen LogP) is 2.12. The third-order valence-corrected chi connectivity index (χ3v) is 2.40. The second kappa shape index (κ2) is 6.76. The molecule has 1 amide bonds. The number of nitrogens with one attached hydrogen (secondary N) is 1. The van der Waals surface area contributed by atoms with Crippen LogP contribution in [0.4, 0.5) is 5.69 Å². The van der Waals surface area contributed by atoms with E-state index in [4.69, 9.17) is 11.6 Å². The van der Waals surface area contributed by atoms with Crippen LogP contribution in [-0.2, 0) is 14.4 Å². The first-order valence-electron chi connectivity index (χ1n) is 5.18. The Morgan fingerprint density at radius 1 is 1.39 bits per heavy atom. The number of hydrogen-bond acceptors (Lipinski definition) is 4. The molecule has 0 saturated carbocycles. The second-order valence-corrected chi connectivity index (χ2v) is 3.96. The van der Waals surface area contributed by atoms with E-state index in [-0.39, 0.29) is 5.78 Å². The smallest absolute Gasteiger partial charge is 0.240 e. The minimum Gasteiger partial charge on any atom is -0.399 e. The maximum atomic E-state index is 11.8. The largest absolute Gasteiger partial charge is 0.399 e. The normalized spacial score (nSPS) is 12.2. The van der Waals surface area contributed by atoms with Crippen LogP contribution in [0.25, 0.3) is 0 Å². The van der Waals surface area contributed by atoms with Gasteiger partial charge in [0.1, 0.15) is 18.8 Å². The van der Waals surface area contributed by atoms with Gasteiger partial charge in [0.15, 0.2) is 0 Å². The minimum absolute atomic E-state index is 0.317. The quantitative estimate of drug-likeness (QED) is 0.505. The maximum absolute atomic E-state index is 11.8. The van der Waals surface area contributed by atoms with Gasteiger partial charge in [0.05, 0.1) is 6.21 Å². The minimum atomic E-state index is -0.972. The van der Waals surface area contributed by atoms with E-state index in [2.05, 4.69) is 15.3 Å². The van der Waals surface area contributed by atoms with E-state index >= 15 is 0 Å². The molecule has 0 spiro atoms. The molecule has 0 saturated heterocycles. The molecule has 1 aromatic carbocycles. The Morgan fingerprint density at radius 3 is 2.50 bits per heavy atom. The summed E-state index contributed by atoms with van der Waals surface area (Å²) in [7, 11) is 1.34. The summed E-state index contributed by atoms with van der Waals surface area (Å²) in [5, 5.41) is 6.60. The highest BCUT2D eigenvalue weighted by Crippen LogP contribution is 2.14. The van der Waals surface area contributed by atoms with Gasteiger partial charge in [-0.25, -0.2) is 0 Å². The van der Waals surface area contributed by atoms with Crippen molar-refractivity contribution in [3.05, 3.63) is 29.3 Å². The van der Waals surface area contributed by atoms with E-state index < -0.39 is 11.8 Å². The number of anilines is 1.